The van der Waals surface area contributed by atoms with Gasteiger partial charge in [0.15, 0.2) is 11.5 Å². The Balaban J connectivity index is 1.91. The molecule has 5 heteroatoms. The van der Waals surface area contributed by atoms with Gasteiger partial charge in [0.05, 0.1) is 5.56 Å². The molecule has 0 aromatic heterocycles. The predicted molar refractivity (Wildman–Crippen MR) is 75.4 cm³/mol. The number of carbonyl (C=O) groups excluding carboxylic acids is 1. The van der Waals surface area contributed by atoms with Gasteiger partial charge in [0.2, 0.25) is 0 Å². The average molecular weight is 276 g/mol. The van der Waals surface area contributed by atoms with E-state index < -0.39 is 0 Å². The molecule has 2 heterocycles. The third kappa shape index (κ3) is 2.22. The minimum Gasteiger partial charge on any atom is -0.486 e. The van der Waals surface area contributed by atoms with Crippen molar-refractivity contribution in [3.8, 4) is 11.5 Å². The summed E-state index contributed by atoms with van der Waals surface area (Å²) in [5.41, 5.74) is 0.600. The highest BCUT2D eigenvalue weighted by Gasteiger charge is 2.31. The Morgan fingerprint density at radius 3 is 2.95 bits per heavy atom. The molecule has 1 saturated heterocycles. The first-order valence-corrected chi connectivity index (χ1v) is 7.11. The van der Waals surface area contributed by atoms with Crippen LogP contribution >= 0.6 is 0 Å². The SMILES string of the molecule is CC1NCCN(C(=O)c2cccc3c2OCCO3)C1C. The van der Waals surface area contributed by atoms with Crippen LogP contribution in [0.25, 0.3) is 0 Å². The molecular weight excluding hydrogens is 256 g/mol. The van der Waals surface area contributed by atoms with Crippen LogP contribution in [0, 0.1) is 0 Å². The molecule has 20 heavy (non-hydrogen) atoms. The van der Waals surface area contributed by atoms with Crippen molar-refractivity contribution in [3.63, 3.8) is 0 Å². The van der Waals surface area contributed by atoms with Crippen LogP contribution in [0.5, 0.6) is 11.5 Å². The Morgan fingerprint density at radius 1 is 1.30 bits per heavy atom. The summed E-state index contributed by atoms with van der Waals surface area (Å²) in [5.74, 6) is 1.27. The maximum Gasteiger partial charge on any atom is 0.258 e. The lowest BCUT2D eigenvalue weighted by Gasteiger charge is -2.39. The van der Waals surface area contributed by atoms with Crippen LogP contribution in [0.4, 0.5) is 0 Å². The zero-order chi connectivity index (χ0) is 14.1. The molecule has 0 aliphatic carbocycles. The van der Waals surface area contributed by atoms with Gasteiger partial charge < -0.3 is 19.7 Å². The van der Waals surface area contributed by atoms with E-state index in [1.807, 2.05) is 23.1 Å². The van der Waals surface area contributed by atoms with Crippen LogP contribution < -0.4 is 14.8 Å². The van der Waals surface area contributed by atoms with Gasteiger partial charge in [-0.2, -0.15) is 0 Å². The predicted octanol–water partition coefficient (Wildman–Crippen LogP) is 1.28. The number of amides is 1. The van der Waals surface area contributed by atoms with Crippen molar-refractivity contribution in [2.45, 2.75) is 25.9 Å². The van der Waals surface area contributed by atoms with Crippen molar-refractivity contribution >= 4 is 5.91 Å². The quantitative estimate of drug-likeness (QED) is 0.839. The lowest BCUT2D eigenvalue weighted by molar-refractivity contribution is 0.0593. The number of fused-ring (bicyclic) bond motifs is 1. The molecule has 0 radical (unpaired) electrons. The van der Waals surface area contributed by atoms with Crippen LogP contribution in [0.2, 0.25) is 0 Å². The number of piperazine rings is 1. The molecule has 2 aliphatic rings. The Morgan fingerprint density at radius 2 is 2.10 bits per heavy atom. The monoisotopic (exact) mass is 276 g/mol. The van der Waals surface area contributed by atoms with E-state index in [1.54, 1.807) is 0 Å². The van der Waals surface area contributed by atoms with Crippen LogP contribution in [-0.4, -0.2) is 49.2 Å². The van der Waals surface area contributed by atoms with Gasteiger partial charge in [-0.25, -0.2) is 0 Å². The number of carbonyl (C=O) groups is 1. The second-order valence-corrected chi connectivity index (χ2v) is 5.31. The molecule has 2 unspecified atom stereocenters. The smallest absolute Gasteiger partial charge is 0.258 e. The Bertz CT molecular complexity index is 518. The minimum atomic E-state index is 0.0215. The Hall–Kier alpha value is -1.75. The molecule has 108 valence electrons. The number of nitrogens with one attached hydrogen (secondary N) is 1. The fourth-order valence-electron chi connectivity index (χ4n) is 2.74. The molecule has 5 nitrogen and oxygen atoms in total. The summed E-state index contributed by atoms with van der Waals surface area (Å²) in [6, 6.07) is 5.96. The molecule has 1 amide bonds. The summed E-state index contributed by atoms with van der Waals surface area (Å²) >= 11 is 0. The van der Waals surface area contributed by atoms with Gasteiger partial charge in [0, 0.05) is 25.2 Å². The van der Waals surface area contributed by atoms with Crippen LogP contribution in [-0.2, 0) is 0 Å². The highest BCUT2D eigenvalue weighted by atomic mass is 16.6. The summed E-state index contributed by atoms with van der Waals surface area (Å²) in [6.45, 7) is 6.74. The maximum absolute atomic E-state index is 12.8. The number of benzene rings is 1. The highest BCUT2D eigenvalue weighted by Crippen LogP contribution is 2.34. The second kappa shape index (κ2) is 5.32. The van der Waals surface area contributed by atoms with E-state index in [9.17, 15) is 4.79 Å². The van der Waals surface area contributed by atoms with Crippen molar-refractivity contribution in [1.82, 2.24) is 10.2 Å². The lowest BCUT2D eigenvalue weighted by Crippen LogP contribution is -2.57. The fraction of sp³-hybridized carbons (Fsp3) is 0.533. The first-order chi connectivity index (χ1) is 9.68. The largest absolute Gasteiger partial charge is 0.486 e. The summed E-state index contributed by atoms with van der Waals surface area (Å²) in [4.78, 5) is 14.7. The van der Waals surface area contributed by atoms with E-state index in [0.29, 0.717) is 36.3 Å². The molecular formula is C15H20N2O3. The molecule has 0 saturated carbocycles. The van der Waals surface area contributed by atoms with Gasteiger partial charge in [-0.1, -0.05) is 6.07 Å². The molecule has 1 fully saturated rings. The summed E-state index contributed by atoms with van der Waals surface area (Å²) in [7, 11) is 0. The van der Waals surface area contributed by atoms with Crippen LogP contribution in [0.3, 0.4) is 0 Å². The highest BCUT2D eigenvalue weighted by molar-refractivity contribution is 5.98. The topological polar surface area (TPSA) is 50.8 Å². The average Bonchev–Trinajstić information content (AvgIpc) is 2.49. The number of hydrogen-bond acceptors (Lipinski definition) is 4. The van der Waals surface area contributed by atoms with Gasteiger partial charge in [-0.3, -0.25) is 4.79 Å². The van der Waals surface area contributed by atoms with Crippen LogP contribution in [0.1, 0.15) is 24.2 Å². The summed E-state index contributed by atoms with van der Waals surface area (Å²) in [6.07, 6.45) is 0. The molecule has 3 rings (SSSR count). The van der Waals surface area contributed by atoms with Crippen molar-refractivity contribution < 1.29 is 14.3 Å². The molecule has 1 aromatic rings. The Labute approximate surface area is 118 Å². The zero-order valence-corrected chi connectivity index (χ0v) is 11.9. The zero-order valence-electron chi connectivity index (χ0n) is 11.9. The van der Waals surface area contributed by atoms with E-state index in [4.69, 9.17) is 9.47 Å². The van der Waals surface area contributed by atoms with E-state index in [-0.39, 0.29) is 11.9 Å². The number of ether oxygens (including phenoxy) is 2. The van der Waals surface area contributed by atoms with Gasteiger partial charge in [0.25, 0.3) is 5.91 Å². The Kier molecular flexibility index (Phi) is 3.53. The molecule has 2 atom stereocenters. The first-order valence-electron chi connectivity index (χ1n) is 7.11. The third-order valence-electron chi connectivity index (χ3n) is 4.09. The summed E-state index contributed by atoms with van der Waals surface area (Å²) in [5, 5.41) is 3.38. The van der Waals surface area contributed by atoms with Gasteiger partial charge in [-0.05, 0) is 26.0 Å². The second-order valence-electron chi connectivity index (χ2n) is 5.31. The van der Waals surface area contributed by atoms with E-state index in [0.717, 1.165) is 13.1 Å². The molecule has 1 N–H and O–H groups in total. The van der Waals surface area contributed by atoms with Crippen molar-refractivity contribution in [2.24, 2.45) is 0 Å². The number of para-hydroxylation sites is 1. The molecule has 0 bridgehead atoms. The number of hydrogen-bond donors (Lipinski definition) is 1. The van der Waals surface area contributed by atoms with Gasteiger partial charge >= 0.3 is 0 Å². The minimum absolute atomic E-state index is 0.0215. The van der Waals surface area contributed by atoms with Crippen LogP contribution in [0.15, 0.2) is 18.2 Å². The molecule has 2 aliphatic heterocycles. The maximum atomic E-state index is 12.8. The third-order valence-corrected chi connectivity index (χ3v) is 4.09. The summed E-state index contributed by atoms with van der Waals surface area (Å²) < 4.78 is 11.2. The number of nitrogens with zero attached hydrogens (tertiary/aromatic N) is 1. The molecule has 1 aromatic carbocycles. The fourth-order valence-corrected chi connectivity index (χ4v) is 2.74. The van der Waals surface area contributed by atoms with Crippen molar-refractivity contribution in [2.75, 3.05) is 26.3 Å². The van der Waals surface area contributed by atoms with Gasteiger partial charge in [0.1, 0.15) is 13.2 Å². The molecule has 0 spiro atoms. The standard InChI is InChI=1S/C15H20N2O3/c1-10-11(2)17(7-6-16-10)15(18)12-4-3-5-13-14(12)20-9-8-19-13/h3-5,10-11,16H,6-9H2,1-2H3. The first kappa shape index (κ1) is 13.2. The van der Waals surface area contributed by atoms with Crippen molar-refractivity contribution in [1.29, 1.82) is 0 Å². The number of rotatable bonds is 1. The van der Waals surface area contributed by atoms with E-state index in [1.165, 1.54) is 0 Å². The normalized spacial score (nSPS) is 25.4. The van der Waals surface area contributed by atoms with E-state index in [2.05, 4.69) is 19.2 Å². The van der Waals surface area contributed by atoms with Gasteiger partial charge in [-0.15, -0.1) is 0 Å². The lowest BCUT2D eigenvalue weighted by atomic mass is 10.0. The van der Waals surface area contributed by atoms with E-state index >= 15 is 0 Å². The van der Waals surface area contributed by atoms with Crippen molar-refractivity contribution in [3.05, 3.63) is 23.8 Å².